The molecule has 1 aliphatic rings. The number of hydrogen-bond donors (Lipinski definition) is 1. The van der Waals surface area contributed by atoms with Crippen LogP contribution in [0.3, 0.4) is 0 Å². The molecule has 2 rings (SSSR count). The van der Waals surface area contributed by atoms with E-state index in [2.05, 4.69) is 22.3 Å². The Morgan fingerprint density at radius 2 is 2.10 bits per heavy atom. The van der Waals surface area contributed by atoms with Crippen LogP contribution in [0.5, 0.6) is 0 Å². The Morgan fingerprint density at radius 1 is 1.38 bits per heavy atom. The molecule has 0 bridgehead atoms. The van der Waals surface area contributed by atoms with Crippen molar-refractivity contribution in [3.05, 3.63) is 46.5 Å². The number of carbonyl (C=O) groups is 1. The van der Waals surface area contributed by atoms with Gasteiger partial charge in [-0.2, -0.15) is 0 Å². The molecule has 1 amide bonds. The van der Waals surface area contributed by atoms with Gasteiger partial charge in [0.15, 0.2) is 0 Å². The minimum atomic E-state index is 0.0216. The number of likely N-dealkylation sites (tertiary alicyclic amines) is 1. The molecule has 0 radical (unpaired) electrons. The van der Waals surface area contributed by atoms with Crippen molar-refractivity contribution in [1.29, 1.82) is 0 Å². The third-order valence-electron chi connectivity index (χ3n) is 3.59. The SMILES string of the molecule is CC(C)=CC(=O)N[C@H]1CCCN(Cc2ccc(Cl)cc2)C1. The van der Waals surface area contributed by atoms with Gasteiger partial charge >= 0.3 is 0 Å². The molecule has 1 N–H and O–H groups in total. The Labute approximate surface area is 132 Å². The van der Waals surface area contributed by atoms with Crippen molar-refractivity contribution in [3.63, 3.8) is 0 Å². The van der Waals surface area contributed by atoms with Gasteiger partial charge in [-0.05, 0) is 50.9 Å². The molecular formula is C17H23ClN2O. The van der Waals surface area contributed by atoms with Crippen molar-refractivity contribution in [2.45, 2.75) is 39.3 Å². The van der Waals surface area contributed by atoms with Crippen LogP contribution in [0.4, 0.5) is 0 Å². The summed E-state index contributed by atoms with van der Waals surface area (Å²) >= 11 is 5.91. The molecule has 0 unspecified atom stereocenters. The molecule has 4 heteroatoms. The number of hydrogen-bond acceptors (Lipinski definition) is 2. The van der Waals surface area contributed by atoms with Gasteiger partial charge in [0.05, 0.1) is 0 Å². The van der Waals surface area contributed by atoms with Crippen LogP contribution in [-0.2, 0) is 11.3 Å². The topological polar surface area (TPSA) is 32.3 Å². The Balaban J connectivity index is 1.87. The fourth-order valence-corrected chi connectivity index (χ4v) is 2.80. The number of halogens is 1. The van der Waals surface area contributed by atoms with E-state index in [-0.39, 0.29) is 11.9 Å². The highest BCUT2D eigenvalue weighted by molar-refractivity contribution is 6.30. The fourth-order valence-electron chi connectivity index (χ4n) is 2.67. The fraction of sp³-hybridized carbons (Fsp3) is 0.471. The largest absolute Gasteiger partial charge is 0.349 e. The average Bonchev–Trinajstić information content (AvgIpc) is 2.41. The summed E-state index contributed by atoms with van der Waals surface area (Å²) in [6.07, 6.45) is 3.84. The van der Waals surface area contributed by atoms with Crippen LogP contribution >= 0.6 is 11.6 Å². The Bertz CT molecular complexity index is 506. The molecule has 1 saturated heterocycles. The highest BCUT2D eigenvalue weighted by Crippen LogP contribution is 2.16. The van der Waals surface area contributed by atoms with Crippen molar-refractivity contribution in [2.24, 2.45) is 0 Å². The van der Waals surface area contributed by atoms with Crippen LogP contribution in [0, 0.1) is 0 Å². The van der Waals surface area contributed by atoms with Crippen LogP contribution in [-0.4, -0.2) is 29.9 Å². The van der Waals surface area contributed by atoms with Crippen molar-refractivity contribution in [1.82, 2.24) is 10.2 Å². The van der Waals surface area contributed by atoms with Gasteiger partial charge in [-0.15, -0.1) is 0 Å². The van der Waals surface area contributed by atoms with Gasteiger partial charge in [-0.3, -0.25) is 9.69 Å². The lowest BCUT2D eigenvalue weighted by atomic mass is 10.0. The highest BCUT2D eigenvalue weighted by Gasteiger charge is 2.20. The van der Waals surface area contributed by atoms with Crippen LogP contribution in [0.25, 0.3) is 0 Å². The Hall–Kier alpha value is -1.32. The summed E-state index contributed by atoms with van der Waals surface area (Å²) < 4.78 is 0. The van der Waals surface area contributed by atoms with Gasteiger partial charge in [0.1, 0.15) is 0 Å². The number of nitrogens with zero attached hydrogens (tertiary/aromatic N) is 1. The Kier molecular flexibility index (Phi) is 5.83. The summed E-state index contributed by atoms with van der Waals surface area (Å²) in [4.78, 5) is 14.2. The summed E-state index contributed by atoms with van der Waals surface area (Å²) in [6, 6.07) is 8.22. The van der Waals surface area contributed by atoms with Crippen molar-refractivity contribution in [3.8, 4) is 0 Å². The number of benzene rings is 1. The molecule has 1 aromatic rings. The van der Waals surface area contributed by atoms with Crippen LogP contribution in [0.1, 0.15) is 32.3 Å². The minimum Gasteiger partial charge on any atom is -0.349 e. The zero-order valence-corrected chi connectivity index (χ0v) is 13.5. The molecule has 1 fully saturated rings. The number of piperidine rings is 1. The molecule has 1 aromatic carbocycles. The molecule has 1 heterocycles. The second-order valence-electron chi connectivity index (χ2n) is 5.93. The van der Waals surface area contributed by atoms with E-state index in [1.807, 2.05) is 26.0 Å². The Morgan fingerprint density at radius 3 is 2.76 bits per heavy atom. The van der Waals surface area contributed by atoms with E-state index < -0.39 is 0 Å². The zero-order valence-electron chi connectivity index (χ0n) is 12.7. The highest BCUT2D eigenvalue weighted by atomic mass is 35.5. The lowest BCUT2D eigenvalue weighted by molar-refractivity contribution is -0.117. The number of rotatable bonds is 4. The van der Waals surface area contributed by atoms with Gasteiger partial charge in [-0.1, -0.05) is 29.3 Å². The maximum atomic E-state index is 11.8. The number of amides is 1. The summed E-state index contributed by atoms with van der Waals surface area (Å²) in [5.74, 6) is 0.0216. The molecule has 21 heavy (non-hydrogen) atoms. The predicted molar refractivity (Wildman–Crippen MR) is 87.3 cm³/mol. The second kappa shape index (κ2) is 7.62. The quantitative estimate of drug-likeness (QED) is 0.865. The summed E-state index contributed by atoms with van der Waals surface area (Å²) in [7, 11) is 0. The first kappa shape index (κ1) is 16.1. The van der Waals surface area contributed by atoms with Crippen LogP contribution < -0.4 is 5.32 Å². The van der Waals surface area contributed by atoms with Gasteiger partial charge in [-0.25, -0.2) is 0 Å². The van der Waals surface area contributed by atoms with Crippen molar-refractivity contribution >= 4 is 17.5 Å². The maximum Gasteiger partial charge on any atom is 0.244 e. The number of nitrogens with one attached hydrogen (secondary N) is 1. The number of allylic oxidation sites excluding steroid dienone is 1. The zero-order chi connectivity index (χ0) is 15.2. The van der Waals surface area contributed by atoms with Crippen molar-refractivity contribution < 1.29 is 4.79 Å². The van der Waals surface area contributed by atoms with Gasteiger partial charge in [0, 0.05) is 30.2 Å². The summed E-state index contributed by atoms with van der Waals surface area (Å²) in [5, 5.41) is 3.86. The van der Waals surface area contributed by atoms with Gasteiger partial charge in [0.2, 0.25) is 5.91 Å². The molecule has 114 valence electrons. The van der Waals surface area contributed by atoms with Crippen molar-refractivity contribution in [2.75, 3.05) is 13.1 Å². The molecule has 0 aliphatic carbocycles. The molecule has 1 aliphatic heterocycles. The predicted octanol–water partition coefficient (Wildman–Crippen LogP) is 3.39. The first-order chi connectivity index (χ1) is 10.0. The number of carbonyl (C=O) groups excluding carboxylic acids is 1. The lowest BCUT2D eigenvalue weighted by Gasteiger charge is -2.33. The van der Waals surface area contributed by atoms with E-state index in [0.717, 1.165) is 43.1 Å². The summed E-state index contributed by atoms with van der Waals surface area (Å²) in [5.41, 5.74) is 2.29. The van der Waals surface area contributed by atoms with E-state index in [9.17, 15) is 4.79 Å². The normalized spacial score (nSPS) is 19.1. The molecular weight excluding hydrogens is 284 g/mol. The molecule has 0 aromatic heterocycles. The van der Waals surface area contributed by atoms with Gasteiger partial charge in [0.25, 0.3) is 0 Å². The van der Waals surface area contributed by atoms with Crippen LogP contribution in [0.2, 0.25) is 5.02 Å². The van der Waals surface area contributed by atoms with E-state index >= 15 is 0 Å². The second-order valence-corrected chi connectivity index (χ2v) is 6.37. The third-order valence-corrected chi connectivity index (χ3v) is 3.84. The van der Waals surface area contributed by atoms with E-state index in [0.29, 0.717) is 0 Å². The molecule has 0 saturated carbocycles. The standard InChI is InChI=1S/C17H23ClN2O/c1-13(2)10-17(21)19-16-4-3-9-20(12-16)11-14-5-7-15(18)8-6-14/h5-8,10,16H,3-4,9,11-12H2,1-2H3,(H,19,21)/t16-/m0/s1. The van der Waals surface area contributed by atoms with Crippen LogP contribution in [0.15, 0.2) is 35.9 Å². The monoisotopic (exact) mass is 306 g/mol. The smallest absolute Gasteiger partial charge is 0.244 e. The molecule has 3 nitrogen and oxygen atoms in total. The van der Waals surface area contributed by atoms with E-state index in [1.54, 1.807) is 6.08 Å². The molecule has 1 atom stereocenters. The first-order valence-corrected chi connectivity index (χ1v) is 7.83. The van der Waals surface area contributed by atoms with E-state index in [1.165, 1.54) is 5.56 Å². The molecule has 0 spiro atoms. The van der Waals surface area contributed by atoms with E-state index in [4.69, 9.17) is 11.6 Å². The lowest BCUT2D eigenvalue weighted by Crippen LogP contribution is -2.47. The van der Waals surface area contributed by atoms with Gasteiger partial charge < -0.3 is 5.32 Å². The summed E-state index contributed by atoms with van der Waals surface area (Å²) in [6.45, 7) is 6.77. The third kappa shape index (κ3) is 5.52. The first-order valence-electron chi connectivity index (χ1n) is 7.45. The average molecular weight is 307 g/mol. The maximum absolute atomic E-state index is 11.8. The minimum absolute atomic E-state index is 0.0216.